The zero-order valence-electron chi connectivity index (χ0n) is 10.8. The summed E-state index contributed by atoms with van der Waals surface area (Å²) in [6.45, 7) is 7.43. The van der Waals surface area contributed by atoms with Crippen molar-refractivity contribution >= 4 is 11.6 Å². The molecule has 0 aromatic heterocycles. The molecule has 1 aliphatic rings. The van der Waals surface area contributed by atoms with Crippen LogP contribution in [0.3, 0.4) is 0 Å². The average molecular weight is 271 g/mol. The highest BCUT2D eigenvalue weighted by Gasteiger charge is 2.20. The minimum absolute atomic E-state index is 0.188. The lowest BCUT2D eigenvalue weighted by Crippen LogP contribution is -2.26. The molecule has 0 amide bonds. The summed E-state index contributed by atoms with van der Waals surface area (Å²) >= 11 is 5.65. The fraction of sp³-hybridized carbons (Fsp3) is 0.571. The number of halogens is 2. The second-order valence-corrected chi connectivity index (χ2v) is 5.33. The molecule has 2 nitrogen and oxygen atoms in total. The van der Waals surface area contributed by atoms with Crippen LogP contribution in [0.1, 0.15) is 18.9 Å². The number of hydrogen-bond acceptors (Lipinski definition) is 2. The fourth-order valence-corrected chi connectivity index (χ4v) is 2.55. The van der Waals surface area contributed by atoms with E-state index in [-0.39, 0.29) is 10.8 Å². The van der Waals surface area contributed by atoms with E-state index >= 15 is 0 Å². The number of rotatable bonds is 5. The predicted molar refractivity (Wildman–Crippen MR) is 73.3 cm³/mol. The van der Waals surface area contributed by atoms with Crippen LogP contribution in [-0.2, 0) is 6.54 Å². The molecule has 18 heavy (non-hydrogen) atoms. The Labute approximate surface area is 113 Å². The van der Waals surface area contributed by atoms with Crippen LogP contribution in [0.2, 0.25) is 5.02 Å². The first-order valence-electron chi connectivity index (χ1n) is 6.56. The number of hydrogen-bond donors (Lipinski definition) is 1. The normalized spacial score (nSPS) is 20.5. The van der Waals surface area contributed by atoms with Gasteiger partial charge in [-0.1, -0.05) is 24.6 Å². The van der Waals surface area contributed by atoms with Gasteiger partial charge in [0.2, 0.25) is 0 Å². The van der Waals surface area contributed by atoms with Crippen LogP contribution in [0.4, 0.5) is 4.39 Å². The first-order chi connectivity index (χ1) is 8.69. The van der Waals surface area contributed by atoms with Gasteiger partial charge in [0.1, 0.15) is 5.82 Å². The average Bonchev–Trinajstić information content (AvgIpc) is 2.82. The predicted octanol–water partition coefficient (Wildman–Crippen LogP) is 2.91. The molecule has 1 fully saturated rings. The van der Waals surface area contributed by atoms with Crippen molar-refractivity contribution in [1.29, 1.82) is 0 Å². The first-order valence-corrected chi connectivity index (χ1v) is 6.94. The molecule has 1 heterocycles. The van der Waals surface area contributed by atoms with E-state index in [1.807, 2.05) is 6.07 Å². The summed E-state index contributed by atoms with van der Waals surface area (Å²) in [6.07, 6.45) is 1.26. The van der Waals surface area contributed by atoms with E-state index in [0.29, 0.717) is 6.54 Å². The summed E-state index contributed by atoms with van der Waals surface area (Å²) in [7, 11) is 0. The molecule has 0 spiro atoms. The number of nitrogens with one attached hydrogen (secondary N) is 1. The Hall–Kier alpha value is -0.640. The van der Waals surface area contributed by atoms with Crippen molar-refractivity contribution in [3.63, 3.8) is 0 Å². The third kappa shape index (κ3) is 3.67. The molecule has 4 heteroatoms. The highest BCUT2D eigenvalue weighted by Crippen LogP contribution is 2.17. The minimum Gasteiger partial charge on any atom is -0.312 e. The SMILES string of the molecule is CCN1CCC(CNCc2ccc(Cl)c(F)c2)C1. The molecule has 0 bridgehead atoms. The maximum atomic E-state index is 13.2. The van der Waals surface area contributed by atoms with Gasteiger partial charge in [0.05, 0.1) is 5.02 Å². The van der Waals surface area contributed by atoms with Gasteiger partial charge in [-0.3, -0.25) is 0 Å². The first kappa shape index (κ1) is 13.8. The van der Waals surface area contributed by atoms with E-state index in [9.17, 15) is 4.39 Å². The molecule has 2 rings (SSSR count). The third-order valence-corrected chi connectivity index (χ3v) is 3.87. The van der Waals surface area contributed by atoms with E-state index in [2.05, 4.69) is 17.1 Å². The van der Waals surface area contributed by atoms with Gasteiger partial charge in [-0.15, -0.1) is 0 Å². The van der Waals surface area contributed by atoms with Crippen LogP contribution in [-0.4, -0.2) is 31.1 Å². The molecule has 1 aromatic rings. The van der Waals surface area contributed by atoms with Gasteiger partial charge in [0, 0.05) is 13.1 Å². The van der Waals surface area contributed by atoms with Crippen LogP contribution < -0.4 is 5.32 Å². The monoisotopic (exact) mass is 270 g/mol. The highest BCUT2D eigenvalue weighted by molar-refractivity contribution is 6.30. The quantitative estimate of drug-likeness (QED) is 0.885. The van der Waals surface area contributed by atoms with Crippen molar-refractivity contribution in [3.05, 3.63) is 34.6 Å². The summed E-state index contributed by atoms with van der Waals surface area (Å²) < 4.78 is 13.2. The molecule has 0 radical (unpaired) electrons. The zero-order valence-corrected chi connectivity index (χ0v) is 11.5. The second kappa shape index (κ2) is 6.50. The Bertz CT molecular complexity index is 397. The Morgan fingerprint density at radius 2 is 2.33 bits per heavy atom. The van der Waals surface area contributed by atoms with Gasteiger partial charge in [-0.2, -0.15) is 0 Å². The van der Waals surface area contributed by atoms with Crippen LogP contribution in [0, 0.1) is 11.7 Å². The minimum atomic E-state index is -0.339. The molecule has 1 atom stereocenters. The molecule has 100 valence electrons. The zero-order chi connectivity index (χ0) is 13.0. The summed E-state index contributed by atoms with van der Waals surface area (Å²) in [6, 6.07) is 4.98. The van der Waals surface area contributed by atoms with Gasteiger partial charge < -0.3 is 10.2 Å². The smallest absolute Gasteiger partial charge is 0.142 e. The maximum absolute atomic E-state index is 13.2. The Morgan fingerprint density at radius 1 is 1.50 bits per heavy atom. The van der Waals surface area contributed by atoms with E-state index in [1.165, 1.54) is 25.6 Å². The largest absolute Gasteiger partial charge is 0.312 e. The summed E-state index contributed by atoms with van der Waals surface area (Å²) in [5.41, 5.74) is 0.947. The fourth-order valence-electron chi connectivity index (χ4n) is 2.44. The van der Waals surface area contributed by atoms with E-state index < -0.39 is 0 Å². The standard InChI is InChI=1S/C14H20ClFN2/c1-2-18-6-5-12(10-18)9-17-8-11-3-4-13(15)14(16)7-11/h3-4,7,12,17H,2,5-6,8-10H2,1H3. The van der Waals surface area contributed by atoms with E-state index in [0.717, 1.165) is 24.6 Å². The lowest BCUT2D eigenvalue weighted by molar-refractivity contribution is 0.339. The van der Waals surface area contributed by atoms with Crippen molar-refractivity contribution in [2.75, 3.05) is 26.2 Å². The molecule has 1 aliphatic heterocycles. The topological polar surface area (TPSA) is 15.3 Å². The summed E-state index contributed by atoms with van der Waals surface area (Å²) in [4.78, 5) is 2.47. The number of benzene rings is 1. The van der Waals surface area contributed by atoms with E-state index in [4.69, 9.17) is 11.6 Å². The second-order valence-electron chi connectivity index (χ2n) is 4.93. The molecule has 1 unspecified atom stereocenters. The maximum Gasteiger partial charge on any atom is 0.142 e. The van der Waals surface area contributed by atoms with Crippen molar-refractivity contribution in [2.24, 2.45) is 5.92 Å². The molecule has 1 saturated heterocycles. The Kier molecular flexibility index (Phi) is 4.98. The van der Waals surface area contributed by atoms with Crippen LogP contribution >= 0.6 is 11.6 Å². The number of nitrogens with zero attached hydrogens (tertiary/aromatic N) is 1. The van der Waals surface area contributed by atoms with Crippen LogP contribution in [0.15, 0.2) is 18.2 Å². The summed E-state index contributed by atoms with van der Waals surface area (Å²) in [5, 5.41) is 3.59. The Balaban J connectivity index is 1.73. The van der Waals surface area contributed by atoms with Gasteiger partial charge >= 0.3 is 0 Å². The molecule has 0 saturated carbocycles. The van der Waals surface area contributed by atoms with Crippen LogP contribution in [0.5, 0.6) is 0 Å². The van der Waals surface area contributed by atoms with Crippen molar-refractivity contribution in [1.82, 2.24) is 10.2 Å². The van der Waals surface area contributed by atoms with Gasteiger partial charge in [-0.25, -0.2) is 4.39 Å². The molecular formula is C14H20ClFN2. The van der Waals surface area contributed by atoms with Crippen molar-refractivity contribution < 1.29 is 4.39 Å². The highest BCUT2D eigenvalue weighted by atomic mass is 35.5. The number of likely N-dealkylation sites (tertiary alicyclic amines) is 1. The molecule has 1 N–H and O–H groups in total. The van der Waals surface area contributed by atoms with E-state index in [1.54, 1.807) is 6.07 Å². The Morgan fingerprint density at radius 3 is 3.00 bits per heavy atom. The summed E-state index contributed by atoms with van der Waals surface area (Å²) in [5.74, 6) is 0.385. The molecule has 1 aromatic carbocycles. The van der Waals surface area contributed by atoms with Gasteiger partial charge in [0.25, 0.3) is 0 Å². The molecule has 0 aliphatic carbocycles. The van der Waals surface area contributed by atoms with Gasteiger partial charge in [-0.05, 0) is 49.7 Å². The lowest BCUT2D eigenvalue weighted by atomic mass is 10.1. The third-order valence-electron chi connectivity index (χ3n) is 3.56. The van der Waals surface area contributed by atoms with Crippen molar-refractivity contribution in [2.45, 2.75) is 19.9 Å². The van der Waals surface area contributed by atoms with Crippen LogP contribution in [0.25, 0.3) is 0 Å². The van der Waals surface area contributed by atoms with Gasteiger partial charge in [0.15, 0.2) is 0 Å². The lowest BCUT2D eigenvalue weighted by Gasteiger charge is -2.13. The molecular weight excluding hydrogens is 251 g/mol. The van der Waals surface area contributed by atoms with Crippen molar-refractivity contribution in [3.8, 4) is 0 Å².